The molecule has 1 atom stereocenters. The van der Waals surface area contributed by atoms with Crippen LogP contribution in [0.1, 0.15) is 30.3 Å². The standard InChI is InChI=1S/C23H27FN2O3S/c1-4-11-25(23(28)16(2)3)14-22(27)26-12-9-21-19(10-13-30-21)20(26)15-29-18-7-5-17(24)6-8-18/h4-8,10,13,16,20H,1,9,11-12,14-15H2,2-3H3. The van der Waals surface area contributed by atoms with E-state index in [1.165, 1.54) is 17.0 Å². The number of fused-ring (bicyclic) bond motifs is 1. The van der Waals surface area contributed by atoms with Crippen molar-refractivity contribution in [2.45, 2.75) is 26.3 Å². The first-order chi connectivity index (χ1) is 14.4. The van der Waals surface area contributed by atoms with Gasteiger partial charge in [-0.25, -0.2) is 4.39 Å². The first-order valence-corrected chi connectivity index (χ1v) is 10.9. The van der Waals surface area contributed by atoms with E-state index in [1.807, 2.05) is 25.3 Å². The average molecular weight is 431 g/mol. The van der Waals surface area contributed by atoms with Gasteiger partial charge in [-0.1, -0.05) is 19.9 Å². The van der Waals surface area contributed by atoms with Crippen LogP contribution in [0.15, 0.2) is 48.4 Å². The van der Waals surface area contributed by atoms with Gasteiger partial charge in [0.05, 0.1) is 6.04 Å². The zero-order valence-corrected chi connectivity index (χ0v) is 18.2. The third-order valence-electron chi connectivity index (χ3n) is 5.12. The van der Waals surface area contributed by atoms with Gasteiger partial charge in [-0.3, -0.25) is 9.59 Å². The molecule has 5 nitrogen and oxygen atoms in total. The SMILES string of the molecule is C=CCN(CC(=O)N1CCc2sccc2C1COc1ccc(F)cc1)C(=O)C(C)C. The Labute approximate surface area is 180 Å². The first kappa shape index (κ1) is 22.0. The van der Waals surface area contributed by atoms with Gasteiger partial charge in [0.1, 0.15) is 24.7 Å². The van der Waals surface area contributed by atoms with Crippen LogP contribution in [0.3, 0.4) is 0 Å². The lowest BCUT2D eigenvalue weighted by Crippen LogP contribution is -2.48. The summed E-state index contributed by atoms with van der Waals surface area (Å²) >= 11 is 1.68. The van der Waals surface area contributed by atoms with E-state index in [2.05, 4.69) is 6.58 Å². The van der Waals surface area contributed by atoms with E-state index in [4.69, 9.17) is 4.74 Å². The lowest BCUT2D eigenvalue weighted by Gasteiger charge is -2.37. The van der Waals surface area contributed by atoms with Crippen molar-refractivity contribution in [1.29, 1.82) is 0 Å². The van der Waals surface area contributed by atoms with Crippen LogP contribution in [-0.4, -0.2) is 47.9 Å². The normalized spacial score (nSPS) is 15.6. The number of rotatable bonds is 8. The maximum Gasteiger partial charge on any atom is 0.242 e. The van der Waals surface area contributed by atoms with Crippen LogP contribution in [0.5, 0.6) is 5.75 Å². The van der Waals surface area contributed by atoms with Gasteiger partial charge in [0.2, 0.25) is 11.8 Å². The summed E-state index contributed by atoms with van der Waals surface area (Å²) in [5.74, 6) is -0.158. The molecule has 1 aromatic heterocycles. The molecule has 2 amide bonds. The second-order valence-corrected chi connectivity index (χ2v) is 8.58. The summed E-state index contributed by atoms with van der Waals surface area (Å²) in [5, 5.41) is 2.02. The van der Waals surface area contributed by atoms with Gasteiger partial charge in [0, 0.05) is 23.9 Å². The number of thiophene rings is 1. The van der Waals surface area contributed by atoms with Gasteiger partial charge in [-0.15, -0.1) is 17.9 Å². The molecule has 160 valence electrons. The van der Waals surface area contributed by atoms with E-state index in [0.29, 0.717) is 18.8 Å². The summed E-state index contributed by atoms with van der Waals surface area (Å²) < 4.78 is 19.1. The molecule has 0 radical (unpaired) electrons. The number of carbonyl (C=O) groups is 2. The second kappa shape index (κ2) is 9.89. The van der Waals surface area contributed by atoms with Crippen molar-refractivity contribution in [3.8, 4) is 5.75 Å². The van der Waals surface area contributed by atoms with Crippen LogP contribution in [0, 0.1) is 11.7 Å². The van der Waals surface area contributed by atoms with Crippen LogP contribution in [0.2, 0.25) is 0 Å². The molecule has 2 heterocycles. The number of halogens is 1. The summed E-state index contributed by atoms with van der Waals surface area (Å²) in [6, 6.07) is 7.62. The zero-order valence-electron chi connectivity index (χ0n) is 17.3. The van der Waals surface area contributed by atoms with Gasteiger partial charge in [-0.2, -0.15) is 0 Å². The number of carbonyl (C=O) groups excluding carboxylic acids is 2. The fourth-order valence-electron chi connectivity index (χ4n) is 3.59. The van der Waals surface area contributed by atoms with E-state index in [9.17, 15) is 14.0 Å². The Morgan fingerprint density at radius 3 is 2.73 bits per heavy atom. The highest BCUT2D eigenvalue weighted by Crippen LogP contribution is 2.34. The van der Waals surface area contributed by atoms with Crippen molar-refractivity contribution < 1.29 is 18.7 Å². The lowest BCUT2D eigenvalue weighted by atomic mass is 10.0. The van der Waals surface area contributed by atoms with E-state index in [1.54, 1.807) is 39.3 Å². The van der Waals surface area contributed by atoms with Crippen molar-refractivity contribution in [3.63, 3.8) is 0 Å². The molecule has 2 aromatic rings. The summed E-state index contributed by atoms with van der Waals surface area (Å²) in [7, 11) is 0. The molecular weight excluding hydrogens is 403 g/mol. The van der Waals surface area contributed by atoms with Crippen molar-refractivity contribution in [3.05, 3.63) is 64.6 Å². The predicted octanol–water partition coefficient (Wildman–Crippen LogP) is 4.06. The molecule has 0 aliphatic carbocycles. The highest BCUT2D eigenvalue weighted by molar-refractivity contribution is 7.10. The van der Waals surface area contributed by atoms with Crippen LogP contribution in [0.25, 0.3) is 0 Å². The van der Waals surface area contributed by atoms with Crippen LogP contribution in [0.4, 0.5) is 4.39 Å². The number of hydrogen-bond donors (Lipinski definition) is 0. The van der Waals surface area contributed by atoms with Crippen molar-refractivity contribution in [1.82, 2.24) is 9.80 Å². The van der Waals surface area contributed by atoms with E-state index >= 15 is 0 Å². The van der Waals surface area contributed by atoms with E-state index in [-0.39, 0.29) is 42.7 Å². The Bertz CT molecular complexity index is 894. The summed E-state index contributed by atoms with van der Waals surface area (Å²) in [6.07, 6.45) is 2.42. The Hall–Kier alpha value is -2.67. The third-order valence-corrected chi connectivity index (χ3v) is 6.11. The number of nitrogens with zero attached hydrogens (tertiary/aromatic N) is 2. The fraction of sp³-hybridized carbons (Fsp3) is 0.391. The summed E-state index contributed by atoms with van der Waals surface area (Å²) in [5.41, 5.74) is 1.08. The Morgan fingerprint density at radius 2 is 2.07 bits per heavy atom. The highest BCUT2D eigenvalue weighted by atomic mass is 32.1. The molecule has 1 unspecified atom stereocenters. The molecule has 30 heavy (non-hydrogen) atoms. The third kappa shape index (κ3) is 5.08. The van der Waals surface area contributed by atoms with Gasteiger partial charge in [-0.05, 0) is 47.7 Å². The molecule has 7 heteroatoms. The quantitative estimate of drug-likeness (QED) is 0.594. The monoisotopic (exact) mass is 430 g/mol. The minimum Gasteiger partial charge on any atom is -0.491 e. The Morgan fingerprint density at radius 1 is 1.33 bits per heavy atom. The number of amides is 2. The van der Waals surface area contributed by atoms with Gasteiger partial charge in [0.15, 0.2) is 0 Å². The van der Waals surface area contributed by atoms with Crippen LogP contribution < -0.4 is 4.74 Å². The number of ether oxygens (including phenoxy) is 1. The summed E-state index contributed by atoms with van der Waals surface area (Å²) in [4.78, 5) is 30.3. The molecule has 0 N–H and O–H groups in total. The van der Waals surface area contributed by atoms with E-state index < -0.39 is 0 Å². The lowest BCUT2D eigenvalue weighted by molar-refractivity contribution is -0.143. The summed E-state index contributed by atoms with van der Waals surface area (Å²) in [6.45, 7) is 8.52. The number of hydrogen-bond acceptors (Lipinski definition) is 4. The minimum absolute atomic E-state index is 0.00948. The van der Waals surface area contributed by atoms with Crippen molar-refractivity contribution in [2.24, 2.45) is 5.92 Å². The first-order valence-electron chi connectivity index (χ1n) is 10.0. The smallest absolute Gasteiger partial charge is 0.242 e. The van der Waals surface area contributed by atoms with Crippen LogP contribution in [-0.2, 0) is 16.0 Å². The molecule has 0 saturated carbocycles. The second-order valence-electron chi connectivity index (χ2n) is 7.58. The van der Waals surface area contributed by atoms with Gasteiger partial charge in [0.25, 0.3) is 0 Å². The Kier molecular flexibility index (Phi) is 7.26. The Balaban J connectivity index is 1.77. The molecular formula is C23H27FN2O3S. The van der Waals surface area contributed by atoms with Crippen molar-refractivity contribution >= 4 is 23.2 Å². The predicted molar refractivity (Wildman–Crippen MR) is 116 cm³/mol. The molecule has 1 aromatic carbocycles. The van der Waals surface area contributed by atoms with Crippen molar-refractivity contribution in [2.75, 3.05) is 26.2 Å². The molecule has 0 spiro atoms. The molecule has 0 saturated heterocycles. The van der Waals surface area contributed by atoms with Crippen LogP contribution >= 0.6 is 11.3 Å². The number of benzene rings is 1. The molecule has 3 rings (SSSR count). The maximum atomic E-state index is 13.2. The molecule has 1 aliphatic heterocycles. The fourth-order valence-corrected chi connectivity index (χ4v) is 4.52. The van der Waals surface area contributed by atoms with E-state index in [0.717, 1.165) is 12.0 Å². The van der Waals surface area contributed by atoms with Gasteiger partial charge < -0.3 is 14.5 Å². The molecule has 0 fully saturated rings. The highest BCUT2D eigenvalue weighted by Gasteiger charge is 2.33. The maximum absolute atomic E-state index is 13.2. The topological polar surface area (TPSA) is 49.9 Å². The van der Waals surface area contributed by atoms with Gasteiger partial charge >= 0.3 is 0 Å². The molecule has 1 aliphatic rings. The average Bonchev–Trinajstić information content (AvgIpc) is 3.21. The molecule has 0 bridgehead atoms. The minimum atomic E-state index is -0.325. The zero-order chi connectivity index (χ0) is 21.7. The largest absolute Gasteiger partial charge is 0.491 e.